The number of halogens is 2. The predicted molar refractivity (Wildman–Crippen MR) is 169 cm³/mol. The van der Waals surface area contributed by atoms with Gasteiger partial charge in [0.15, 0.2) is 17.3 Å². The second-order valence-electron chi connectivity index (χ2n) is 9.45. The number of terminal acetylenes is 1. The Morgan fingerprint density at radius 2 is 1.83 bits per heavy atom. The standard InChI is InChI=1S/C32H31BrClN3O4/c1-7-14-41-30-27(40-9-3)16-21(28(33)29(30)34)18-35-37-31(36-25-13-11-10-12-22(25)32(37)38)24-17-23(19(4)5)26(39-8-2)15-20(24)6/h1,10-13,15-19H,8-9,14H2,2-6H3. The third kappa shape index (κ3) is 6.27. The van der Waals surface area contributed by atoms with Crippen molar-refractivity contribution in [1.29, 1.82) is 0 Å². The molecule has 0 aliphatic heterocycles. The molecule has 0 saturated carbocycles. The lowest BCUT2D eigenvalue weighted by Gasteiger charge is -2.18. The van der Waals surface area contributed by atoms with Gasteiger partial charge in [0.2, 0.25) is 0 Å². The van der Waals surface area contributed by atoms with Crippen molar-refractivity contribution >= 4 is 44.6 Å². The minimum absolute atomic E-state index is 0.0288. The van der Waals surface area contributed by atoms with Gasteiger partial charge < -0.3 is 14.2 Å². The monoisotopic (exact) mass is 635 g/mol. The number of aryl methyl sites for hydroxylation is 1. The van der Waals surface area contributed by atoms with Gasteiger partial charge >= 0.3 is 0 Å². The van der Waals surface area contributed by atoms with Crippen LogP contribution in [0.4, 0.5) is 0 Å². The van der Waals surface area contributed by atoms with E-state index in [1.165, 1.54) is 10.9 Å². The number of para-hydroxylation sites is 1. The Kier molecular flexibility index (Phi) is 9.74. The van der Waals surface area contributed by atoms with Crippen molar-refractivity contribution in [3.63, 3.8) is 0 Å². The molecule has 0 N–H and O–H groups in total. The topological polar surface area (TPSA) is 74.9 Å². The molecule has 0 aliphatic carbocycles. The lowest BCUT2D eigenvalue weighted by atomic mass is 9.96. The summed E-state index contributed by atoms with van der Waals surface area (Å²) in [6.07, 6.45) is 6.91. The second-order valence-corrected chi connectivity index (χ2v) is 10.6. The van der Waals surface area contributed by atoms with E-state index >= 15 is 0 Å². The van der Waals surface area contributed by atoms with Crippen LogP contribution < -0.4 is 19.8 Å². The van der Waals surface area contributed by atoms with E-state index in [2.05, 4.69) is 40.8 Å². The fraction of sp³-hybridized carbons (Fsp3) is 0.281. The number of ether oxygens (including phenoxy) is 3. The van der Waals surface area contributed by atoms with Crippen molar-refractivity contribution in [2.24, 2.45) is 5.10 Å². The first-order chi connectivity index (χ1) is 19.7. The minimum atomic E-state index is -0.303. The van der Waals surface area contributed by atoms with Gasteiger partial charge in [-0.1, -0.05) is 43.5 Å². The molecule has 7 nitrogen and oxygen atoms in total. The summed E-state index contributed by atoms with van der Waals surface area (Å²) in [6, 6.07) is 13.0. The van der Waals surface area contributed by atoms with Crippen molar-refractivity contribution in [2.75, 3.05) is 19.8 Å². The molecular formula is C32H31BrClN3O4. The average Bonchev–Trinajstić information content (AvgIpc) is 2.95. The molecular weight excluding hydrogens is 606 g/mol. The molecule has 0 spiro atoms. The summed E-state index contributed by atoms with van der Waals surface area (Å²) in [5.41, 5.74) is 3.55. The van der Waals surface area contributed by atoms with Crippen LogP contribution in [0.15, 0.2) is 56.8 Å². The number of fused-ring (bicyclic) bond motifs is 1. The molecule has 0 unspecified atom stereocenters. The van der Waals surface area contributed by atoms with E-state index in [9.17, 15) is 4.79 Å². The summed E-state index contributed by atoms with van der Waals surface area (Å²) in [7, 11) is 0. The van der Waals surface area contributed by atoms with Gasteiger partial charge in [0, 0.05) is 15.6 Å². The smallest absolute Gasteiger partial charge is 0.282 e. The molecule has 0 aliphatic rings. The first-order valence-electron chi connectivity index (χ1n) is 13.3. The van der Waals surface area contributed by atoms with Crippen LogP contribution in [0.25, 0.3) is 22.3 Å². The summed E-state index contributed by atoms with van der Waals surface area (Å²) in [6.45, 7) is 10.9. The Bertz CT molecular complexity index is 1720. The number of nitrogens with zero attached hydrogens (tertiary/aromatic N) is 3. The minimum Gasteiger partial charge on any atom is -0.494 e. The molecule has 9 heteroatoms. The zero-order valence-corrected chi connectivity index (χ0v) is 26.0. The first kappa shape index (κ1) is 30.2. The summed E-state index contributed by atoms with van der Waals surface area (Å²) in [4.78, 5) is 18.7. The number of hydrogen-bond acceptors (Lipinski definition) is 6. The maximum Gasteiger partial charge on any atom is 0.282 e. The SMILES string of the molecule is C#CCOc1c(OCC)cc(C=Nn2c(-c3cc(C(C)C)c(OCC)cc3C)nc3ccccc3c2=O)c(Br)c1Cl. The van der Waals surface area contributed by atoms with Crippen molar-refractivity contribution in [1.82, 2.24) is 9.66 Å². The molecule has 1 heterocycles. The molecule has 41 heavy (non-hydrogen) atoms. The van der Waals surface area contributed by atoms with Gasteiger partial charge in [-0.2, -0.15) is 9.78 Å². The summed E-state index contributed by atoms with van der Waals surface area (Å²) in [5.74, 6) is 4.58. The van der Waals surface area contributed by atoms with Crippen LogP contribution in [0.1, 0.15) is 50.3 Å². The fourth-order valence-electron chi connectivity index (χ4n) is 4.41. The van der Waals surface area contributed by atoms with Crippen LogP contribution in [0, 0.1) is 19.3 Å². The zero-order valence-electron chi connectivity index (χ0n) is 23.6. The number of rotatable bonds is 10. The fourth-order valence-corrected chi connectivity index (χ4v) is 5.06. The van der Waals surface area contributed by atoms with E-state index in [4.69, 9.17) is 37.2 Å². The molecule has 3 aromatic carbocycles. The highest BCUT2D eigenvalue weighted by Gasteiger charge is 2.20. The Balaban J connectivity index is 1.95. The lowest BCUT2D eigenvalue weighted by Crippen LogP contribution is -2.21. The van der Waals surface area contributed by atoms with Gasteiger partial charge in [-0.15, -0.1) is 6.42 Å². The highest BCUT2D eigenvalue weighted by atomic mass is 79.9. The average molecular weight is 637 g/mol. The number of benzene rings is 3. The molecule has 0 fully saturated rings. The Morgan fingerprint density at radius 3 is 2.51 bits per heavy atom. The van der Waals surface area contributed by atoms with E-state index in [-0.39, 0.29) is 23.1 Å². The Morgan fingerprint density at radius 1 is 1.12 bits per heavy atom. The normalized spacial score (nSPS) is 11.3. The summed E-state index contributed by atoms with van der Waals surface area (Å²) < 4.78 is 19.2. The highest BCUT2D eigenvalue weighted by molar-refractivity contribution is 9.10. The third-order valence-electron chi connectivity index (χ3n) is 6.34. The number of hydrogen-bond donors (Lipinski definition) is 0. The van der Waals surface area contributed by atoms with Gasteiger partial charge in [0.25, 0.3) is 5.56 Å². The van der Waals surface area contributed by atoms with Gasteiger partial charge in [0.05, 0.1) is 30.3 Å². The lowest BCUT2D eigenvalue weighted by molar-refractivity contribution is 0.299. The van der Waals surface area contributed by atoms with E-state index in [0.29, 0.717) is 51.5 Å². The summed E-state index contributed by atoms with van der Waals surface area (Å²) >= 11 is 10.2. The molecule has 0 saturated heterocycles. The second kappa shape index (κ2) is 13.2. The molecule has 0 atom stereocenters. The highest BCUT2D eigenvalue weighted by Crippen LogP contribution is 2.42. The Labute approximate surface area is 253 Å². The predicted octanol–water partition coefficient (Wildman–Crippen LogP) is 7.60. The van der Waals surface area contributed by atoms with Gasteiger partial charge in [-0.25, -0.2) is 4.98 Å². The molecule has 0 bridgehead atoms. The van der Waals surface area contributed by atoms with Crippen LogP contribution in [0.2, 0.25) is 5.02 Å². The quantitative estimate of drug-likeness (QED) is 0.132. The van der Waals surface area contributed by atoms with Crippen LogP contribution in [-0.4, -0.2) is 35.7 Å². The van der Waals surface area contributed by atoms with E-state index in [0.717, 1.165) is 22.4 Å². The maximum atomic E-state index is 13.8. The molecule has 212 valence electrons. The van der Waals surface area contributed by atoms with E-state index in [1.54, 1.807) is 18.2 Å². The van der Waals surface area contributed by atoms with Gasteiger partial charge in [-0.3, -0.25) is 4.79 Å². The molecule has 1 aromatic heterocycles. The molecule has 4 aromatic rings. The van der Waals surface area contributed by atoms with Crippen LogP contribution in [-0.2, 0) is 0 Å². The van der Waals surface area contributed by atoms with E-state index in [1.807, 2.05) is 45.0 Å². The zero-order chi connectivity index (χ0) is 29.7. The third-order valence-corrected chi connectivity index (χ3v) is 7.78. The molecule has 4 rings (SSSR count). The summed E-state index contributed by atoms with van der Waals surface area (Å²) in [5, 5.41) is 5.37. The van der Waals surface area contributed by atoms with Crippen molar-refractivity contribution in [3.05, 3.63) is 79.0 Å². The van der Waals surface area contributed by atoms with Crippen LogP contribution in [0.5, 0.6) is 17.2 Å². The van der Waals surface area contributed by atoms with Crippen molar-refractivity contribution in [3.8, 4) is 41.0 Å². The van der Waals surface area contributed by atoms with Gasteiger partial charge in [-0.05, 0) is 84.1 Å². The molecule has 0 radical (unpaired) electrons. The van der Waals surface area contributed by atoms with Crippen molar-refractivity contribution in [2.45, 2.75) is 40.5 Å². The maximum absolute atomic E-state index is 13.8. The van der Waals surface area contributed by atoms with Crippen molar-refractivity contribution < 1.29 is 14.2 Å². The first-order valence-corrected chi connectivity index (χ1v) is 14.4. The van der Waals surface area contributed by atoms with Crippen LogP contribution in [0.3, 0.4) is 0 Å². The van der Waals surface area contributed by atoms with E-state index < -0.39 is 0 Å². The number of aromatic nitrogens is 2. The van der Waals surface area contributed by atoms with Gasteiger partial charge in [0.1, 0.15) is 17.4 Å². The molecule has 0 amide bonds. The van der Waals surface area contributed by atoms with Crippen LogP contribution >= 0.6 is 27.5 Å². The Hall–Kier alpha value is -3.80. The largest absolute Gasteiger partial charge is 0.494 e.